The summed E-state index contributed by atoms with van der Waals surface area (Å²) in [6, 6.07) is 7.57. The van der Waals surface area contributed by atoms with Gasteiger partial charge >= 0.3 is 0 Å². The largest absolute Gasteiger partial charge is 0.344 e. The number of nitrogens with zero attached hydrogens (tertiary/aromatic N) is 2. The van der Waals surface area contributed by atoms with Crippen LogP contribution in [0.25, 0.3) is 0 Å². The van der Waals surface area contributed by atoms with Crippen molar-refractivity contribution in [3.05, 3.63) is 34.9 Å². The summed E-state index contributed by atoms with van der Waals surface area (Å²) < 4.78 is 0. The summed E-state index contributed by atoms with van der Waals surface area (Å²) in [4.78, 5) is 27.8. The first-order valence-electron chi connectivity index (χ1n) is 7.67. The monoisotopic (exact) mass is 321 g/mol. The number of hydrogen-bond acceptors (Lipinski definition) is 3. The van der Waals surface area contributed by atoms with Crippen molar-refractivity contribution in [2.75, 3.05) is 26.2 Å². The second kappa shape index (κ2) is 6.67. The Balaban J connectivity index is 1.48. The molecule has 0 bridgehead atoms. The summed E-state index contributed by atoms with van der Waals surface area (Å²) >= 11 is 5.89. The van der Waals surface area contributed by atoms with E-state index in [4.69, 9.17) is 11.6 Å². The summed E-state index contributed by atoms with van der Waals surface area (Å²) in [7, 11) is 0. The minimum Gasteiger partial charge on any atom is -0.344 e. The lowest BCUT2D eigenvalue weighted by atomic mass is 10.1. The van der Waals surface area contributed by atoms with Crippen LogP contribution in [0.3, 0.4) is 0 Å². The maximum Gasteiger partial charge on any atom is 0.245 e. The van der Waals surface area contributed by atoms with E-state index >= 15 is 0 Å². The highest BCUT2D eigenvalue weighted by Crippen LogP contribution is 2.15. The number of amides is 2. The van der Waals surface area contributed by atoms with Gasteiger partial charge in [0, 0.05) is 44.2 Å². The molecule has 0 saturated carbocycles. The van der Waals surface area contributed by atoms with Gasteiger partial charge in [-0.15, -0.1) is 0 Å². The number of rotatable bonds is 3. The van der Waals surface area contributed by atoms with Gasteiger partial charge in [0.25, 0.3) is 0 Å². The van der Waals surface area contributed by atoms with E-state index in [9.17, 15) is 9.59 Å². The van der Waals surface area contributed by atoms with E-state index in [0.717, 1.165) is 37.7 Å². The van der Waals surface area contributed by atoms with Crippen molar-refractivity contribution in [2.45, 2.75) is 25.4 Å². The molecule has 2 heterocycles. The summed E-state index contributed by atoms with van der Waals surface area (Å²) in [6.45, 7) is 4.03. The Bertz CT molecular complexity index is 553. The van der Waals surface area contributed by atoms with Crippen LogP contribution in [-0.4, -0.2) is 53.8 Å². The van der Waals surface area contributed by atoms with Crippen LogP contribution >= 0.6 is 11.6 Å². The van der Waals surface area contributed by atoms with Gasteiger partial charge in [0.1, 0.15) is 6.04 Å². The normalized spacial score (nSPS) is 22.7. The molecule has 1 unspecified atom stereocenters. The molecule has 2 aliphatic heterocycles. The van der Waals surface area contributed by atoms with Crippen molar-refractivity contribution >= 4 is 23.4 Å². The minimum atomic E-state index is -0.310. The number of hydrogen-bond donors (Lipinski definition) is 1. The number of carbonyl (C=O) groups excluding carboxylic acids is 2. The molecule has 3 rings (SSSR count). The number of halogens is 1. The van der Waals surface area contributed by atoms with Gasteiger partial charge in [-0.05, 0) is 24.1 Å². The molecule has 2 amide bonds. The Hall–Kier alpha value is -1.59. The molecule has 2 fully saturated rings. The van der Waals surface area contributed by atoms with E-state index in [0.29, 0.717) is 12.8 Å². The van der Waals surface area contributed by atoms with Crippen LogP contribution in [0.15, 0.2) is 24.3 Å². The van der Waals surface area contributed by atoms with E-state index in [1.807, 2.05) is 29.2 Å². The number of nitrogens with one attached hydrogen (secondary N) is 1. The lowest BCUT2D eigenvalue weighted by Gasteiger charge is -2.35. The van der Waals surface area contributed by atoms with Crippen LogP contribution < -0.4 is 5.32 Å². The van der Waals surface area contributed by atoms with Gasteiger partial charge in [-0.1, -0.05) is 23.7 Å². The van der Waals surface area contributed by atoms with Crippen molar-refractivity contribution < 1.29 is 9.59 Å². The Morgan fingerprint density at radius 1 is 1.18 bits per heavy atom. The molecule has 0 aliphatic carbocycles. The van der Waals surface area contributed by atoms with E-state index in [1.54, 1.807) is 0 Å². The molecule has 0 radical (unpaired) electrons. The Labute approximate surface area is 135 Å². The zero-order valence-corrected chi connectivity index (χ0v) is 13.2. The summed E-state index contributed by atoms with van der Waals surface area (Å²) in [5.74, 6) is 0.0525. The lowest BCUT2D eigenvalue weighted by Crippen LogP contribution is -2.53. The van der Waals surface area contributed by atoms with Crippen molar-refractivity contribution in [1.82, 2.24) is 15.1 Å². The van der Waals surface area contributed by atoms with Crippen LogP contribution in [-0.2, 0) is 16.1 Å². The Kier molecular flexibility index (Phi) is 4.64. The maximum atomic E-state index is 12.3. The van der Waals surface area contributed by atoms with Gasteiger partial charge in [-0.25, -0.2) is 0 Å². The van der Waals surface area contributed by atoms with Gasteiger partial charge in [0.2, 0.25) is 11.8 Å². The maximum absolute atomic E-state index is 12.3. The third-order valence-electron chi connectivity index (χ3n) is 4.30. The first-order chi connectivity index (χ1) is 10.6. The molecule has 0 aromatic heterocycles. The molecule has 6 heteroatoms. The molecular formula is C16H20ClN3O2. The van der Waals surface area contributed by atoms with Gasteiger partial charge in [-0.2, -0.15) is 0 Å². The summed E-state index contributed by atoms with van der Waals surface area (Å²) in [5.41, 5.74) is 1.23. The third-order valence-corrected chi connectivity index (χ3v) is 4.55. The number of benzene rings is 1. The predicted octanol–water partition coefficient (Wildman–Crippen LogP) is 1.26. The van der Waals surface area contributed by atoms with Crippen LogP contribution in [0.1, 0.15) is 18.4 Å². The molecule has 1 aromatic rings. The van der Waals surface area contributed by atoms with Crippen LogP contribution in [0.2, 0.25) is 5.02 Å². The zero-order chi connectivity index (χ0) is 15.5. The molecule has 2 aliphatic rings. The first-order valence-corrected chi connectivity index (χ1v) is 8.04. The van der Waals surface area contributed by atoms with E-state index in [2.05, 4.69) is 10.2 Å². The number of piperazine rings is 1. The Morgan fingerprint density at radius 3 is 2.45 bits per heavy atom. The van der Waals surface area contributed by atoms with E-state index < -0.39 is 0 Å². The third kappa shape index (κ3) is 3.59. The highest BCUT2D eigenvalue weighted by atomic mass is 35.5. The molecule has 1 aromatic carbocycles. The van der Waals surface area contributed by atoms with E-state index in [1.165, 1.54) is 5.56 Å². The fourth-order valence-electron chi connectivity index (χ4n) is 2.99. The molecule has 1 N–H and O–H groups in total. The fraction of sp³-hybridized carbons (Fsp3) is 0.500. The van der Waals surface area contributed by atoms with Crippen LogP contribution in [0, 0.1) is 0 Å². The lowest BCUT2D eigenvalue weighted by molar-refractivity contribution is -0.136. The second-order valence-electron chi connectivity index (χ2n) is 5.89. The van der Waals surface area contributed by atoms with Crippen LogP contribution in [0.4, 0.5) is 0 Å². The Morgan fingerprint density at radius 2 is 1.86 bits per heavy atom. The molecule has 118 valence electrons. The van der Waals surface area contributed by atoms with Gasteiger partial charge in [0.05, 0.1) is 0 Å². The number of carbonyl (C=O) groups is 2. The summed E-state index contributed by atoms with van der Waals surface area (Å²) in [6.07, 6.45) is 1.09. The SMILES string of the molecule is O=C1CCC(C(=O)N2CCN(Cc3ccc(Cl)cc3)CC2)N1. The summed E-state index contributed by atoms with van der Waals surface area (Å²) in [5, 5.41) is 3.50. The highest BCUT2D eigenvalue weighted by molar-refractivity contribution is 6.30. The highest BCUT2D eigenvalue weighted by Gasteiger charge is 2.32. The van der Waals surface area contributed by atoms with Gasteiger partial charge in [0.15, 0.2) is 0 Å². The average molecular weight is 322 g/mol. The molecule has 1 atom stereocenters. The molecule has 0 spiro atoms. The van der Waals surface area contributed by atoms with Crippen molar-refractivity contribution in [3.8, 4) is 0 Å². The van der Waals surface area contributed by atoms with E-state index in [-0.39, 0.29) is 17.9 Å². The standard InChI is InChI=1S/C16H20ClN3O2/c17-13-3-1-12(2-4-13)11-19-7-9-20(10-8-19)16(22)14-5-6-15(21)18-14/h1-4,14H,5-11H2,(H,18,21). The van der Waals surface area contributed by atoms with Crippen molar-refractivity contribution in [3.63, 3.8) is 0 Å². The predicted molar refractivity (Wildman–Crippen MR) is 84.5 cm³/mol. The van der Waals surface area contributed by atoms with Crippen molar-refractivity contribution in [2.24, 2.45) is 0 Å². The topological polar surface area (TPSA) is 52.7 Å². The van der Waals surface area contributed by atoms with Gasteiger partial charge < -0.3 is 10.2 Å². The zero-order valence-electron chi connectivity index (χ0n) is 12.4. The average Bonchev–Trinajstić information content (AvgIpc) is 2.96. The molecular weight excluding hydrogens is 302 g/mol. The van der Waals surface area contributed by atoms with Gasteiger partial charge in [-0.3, -0.25) is 14.5 Å². The fourth-order valence-corrected chi connectivity index (χ4v) is 3.12. The second-order valence-corrected chi connectivity index (χ2v) is 6.32. The van der Waals surface area contributed by atoms with Crippen LogP contribution in [0.5, 0.6) is 0 Å². The molecule has 2 saturated heterocycles. The molecule has 5 nitrogen and oxygen atoms in total. The first kappa shape index (κ1) is 15.3. The van der Waals surface area contributed by atoms with Crippen molar-refractivity contribution in [1.29, 1.82) is 0 Å². The molecule has 22 heavy (non-hydrogen) atoms. The quantitative estimate of drug-likeness (QED) is 0.912. The smallest absolute Gasteiger partial charge is 0.245 e. The minimum absolute atomic E-state index is 0.0141.